The van der Waals surface area contributed by atoms with Gasteiger partial charge >= 0.3 is 0 Å². The minimum absolute atomic E-state index is 0.154. The molecule has 0 saturated carbocycles. The van der Waals surface area contributed by atoms with Crippen LogP contribution in [-0.4, -0.2) is 7.05 Å². The summed E-state index contributed by atoms with van der Waals surface area (Å²) >= 11 is 0. The molecule has 1 rings (SSSR count). The van der Waals surface area contributed by atoms with Crippen molar-refractivity contribution in [3.63, 3.8) is 0 Å². The lowest BCUT2D eigenvalue weighted by molar-refractivity contribution is 0.591. The number of nitrogens with one attached hydrogen (secondary N) is 1. The molecule has 0 atom stereocenters. The van der Waals surface area contributed by atoms with E-state index in [9.17, 15) is 0 Å². The van der Waals surface area contributed by atoms with Crippen molar-refractivity contribution in [2.24, 2.45) is 0 Å². The molecule has 0 unspecified atom stereocenters. The van der Waals surface area contributed by atoms with Gasteiger partial charge in [-0.05, 0) is 34.6 Å². The third-order valence-corrected chi connectivity index (χ3v) is 2.91. The minimum Gasteiger partial charge on any atom is -0.387 e. The quantitative estimate of drug-likeness (QED) is 0.768. The van der Waals surface area contributed by atoms with Crippen LogP contribution in [0.1, 0.15) is 58.2 Å². The zero-order valence-corrected chi connectivity index (χ0v) is 13.1. The van der Waals surface area contributed by atoms with E-state index in [0.29, 0.717) is 0 Å². The molecule has 18 heavy (non-hydrogen) atoms. The minimum atomic E-state index is 0.154. The smallest absolute Gasteiger partial charge is 0.0449 e. The molecular formula is C17H29N. The van der Waals surface area contributed by atoms with E-state index in [4.69, 9.17) is 0 Å². The van der Waals surface area contributed by atoms with Gasteiger partial charge in [0.25, 0.3) is 0 Å². The molecule has 1 N–H and O–H groups in total. The Balaban J connectivity index is 0.00000137. The van der Waals surface area contributed by atoms with E-state index in [1.165, 1.54) is 22.4 Å². The van der Waals surface area contributed by atoms with Gasteiger partial charge in [0.05, 0.1) is 0 Å². The second-order valence-corrected chi connectivity index (χ2v) is 5.17. The highest BCUT2D eigenvalue weighted by molar-refractivity contribution is 5.71. The molecule has 0 aromatic heterocycles. The van der Waals surface area contributed by atoms with Gasteiger partial charge in [0, 0.05) is 12.7 Å². The van der Waals surface area contributed by atoms with Crippen LogP contribution in [0.2, 0.25) is 0 Å². The Hall–Kier alpha value is -1.24. The van der Waals surface area contributed by atoms with Crippen molar-refractivity contribution < 1.29 is 0 Å². The van der Waals surface area contributed by atoms with Gasteiger partial charge in [-0.25, -0.2) is 0 Å². The van der Waals surface area contributed by atoms with Gasteiger partial charge in [-0.15, -0.1) is 0 Å². The highest BCUT2D eigenvalue weighted by Gasteiger charge is 2.19. The summed E-state index contributed by atoms with van der Waals surface area (Å²) < 4.78 is 0. The molecule has 0 aliphatic carbocycles. The van der Waals surface area contributed by atoms with Crippen LogP contribution in [0.5, 0.6) is 0 Å². The Labute approximate surface area is 113 Å². The van der Waals surface area contributed by atoms with E-state index in [1.54, 1.807) is 0 Å². The second kappa shape index (κ2) is 7.25. The van der Waals surface area contributed by atoms with Crippen molar-refractivity contribution in [2.75, 3.05) is 12.4 Å². The molecule has 0 heterocycles. The predicted octanol–water partition coefficient (Wildman–Crippen LogP) is 5.26. The molecule has 0 aliphatic heterocycles. The number of rotatable bonds is 3. The van der Waals surface area contributed by atoms with Crippen LogP contribution in [0.15, 0.2) is 18.7 Å². The fraction of sp³-hybridized carbons (Fsp3) is 0.529. The first-order valence-electron chi connectivity index (χ1n) is 6.91. The number of hydrogen-bond acceptors (Lipinski definition) is 1. The fourth-order valence-corrected chi connectivity index (χ4v) is 1.96. The molecular weight excluding hydrogens is 218 g/mol. The van der Waals surface area contributed by atoms with Gasteiger partial charge < -0.3 is 5.32 Å². The van der Waals surface area contributed by atoms with Gasteiger partial charge in [0.2, 0.25) is 0 Å². The lowest BCUT2D eigenvalue weighted by atomic mass is 9.83. The summed E-state index contributed by atoms with van der Waals surface area (Å²) in [4.78, 5) is 0. The summed E-state index contributed by atoms with van der Waals surface area (Å²) in [5, 5.41) is 3.30. The Kier molecular flexibility index (Phi) is 6.75. The molecule has 1 nitrogen and oxygen atoms in total. The lowest BCUT2D eigenvalue weighted by Crippen LogP contribution is -2.15. The molecule has 0 amide bonds. The normalized spacial score (nSPS) is 10.4. The van der Waals surface area contributed by atoms with Crippen molar-refractivity contribution in [3.05, 3.63) is 35.4 Å². The predicted molar refractivity (Wildman–Crippen MR) is 85.5 cm³/mol. The van der Waals surface area contributed by atoms with E-state index >= 15 is 0 Å². The molecule has 0 bridgehead atoms. The molecule has 0 aliphatic rings. The number of anilines is 1. The van der Waals surface area contributed by atoms with Gasteiger partial charge in [0.15, 0.2) is 0 Å². The van der Waals surface area contributed by atoms with Gasteiger partial charge in [0.1, 0.15) is 0 Å². The van der Waals surface area contributed by atoms with Crippen LogP contribution in [0.3, 0.4) is 0 Å². The molecule has 0 spiro atoms. The summed E-state index contributed by atoms with van der Waals surface area (Å²) in [7, 11) is 1.98. The first-order chi connectivity index (χ1) is 8.43. The monoisotopic (exact) mass is 247 g/mol. The lowest BCUT2D eigenvalue weighted by Gasteiger charge is -2.25. The zero-order valence-electron chi connectivity index (χ0n) is 13.1. The number of benzene rings is 1. The highest BCUT2D eigenvalue weighted by Crippen LogP contribution is 2.33. The third kappa shape index (κ3) is 3.90. The molecule has 1 aromatic rings. The van der Waals surface area contributed by atoms with Crippen molar-refractivity contribution in [2.45, 2.75) is 53.4 Å². The van der Waals surface area contributed by atoms with Gasteiger partial charge in [-0.3, -0.25) is 0 Å². The SMILES string of the molecule is C=Cc1cc(CC)cc(C(C)(C)C)c1NC.CC. The molecule has 0 radical (unpaired) electrons. The maximum Gasteiger partial charge on any atom is 0.0449 e. The zero-order chi connectivity index (χ0) is 14.3. The summed E-state index contributed by atoms with van der Waals surface area (Å²) in [5.74, 6) is 0. The first-order valence-corrected chi connectivity index (χ1v) is 6.91. The molecule has 102 valence electrons. The highest BCUT2D eigenvalue weighted by atomic mass is 14.8. The third-order valence-electron chi connectivity index (χ3n) is 2.91. The van der Waals surface area contributed by atoms with Crippen molar-refractivity contribution in [1.82, 2.24) is 0 Å². The van der Waals surface area contributed by atoms with Crippen molar-refractivity contribution in [1.29, 1.82) is 0 Å². The van der Waals surface area contributed by atoms with Gasteiger partial charge in [-0.2, -0.15) is 0 Å². The average Bonchev–Trinajstić information content (AvgIpc) is 2.38. The average molecular weight is 247 g/mol. The summed E-state index contributed by atoms with van der Waals surface area (Å²) in [6, 6.07) is 4.52. The van der Waals surface area contributed by atoms with Crippen LogP contribution in [0.25, 0.3) is 6.08 Å². The van der Waals surface area contributed by atoms with E-state index in [1.807, 2.05) is 27.0 Å². The van der Waals surface area contributed by atoms with Crippen LogP contribution >= 0.6 is 0 Å². The second-order valence-electron chi connectivity index (χ2n) is 5.17. The topological polar surface area (TPSA) is 12.0 Å². The maximum atomic E-state index is 3.90. The van der Waals surface area contributed by atoms with E-state index in [2.05, 4.69) is 51.7 Å². The van der Waals surface area contributed by atoms with Gasteiger partial charge in [-0.1, -0.05) is 60.3 Å². The van der Waals surface area contributed by atoms with Crippen LogP contribution in [0.4, 0.5) is 5.69 Å². The summed E-state index contributed by atoms with van der Waals surface area (Å²) in [6.45, 7) is 16.8. The Bertz CT molecular complexity index is 383. The van der Waals surface area contributed by atoms with Crippen LogP contribution in [0, 0.1) is 0 Å². The molecule has 1 heteroatoms. The van der Waals surface area contributed by atoms with E-state index < -0.39 is 0 Å². The Morgan fingerprint density at radius 3 is 2.11 bits per heavy atom. The van der Waals surface area contributed by atoms with E-state index in [-0.39, 0.29) is 5.41 Å². The number of aryl methyl sites for hydroxylation is 1. The van der Waals surface area contributed by atoms with E-state index in [0.717, 1.165) is 6.42 Å². The molecule has 1 aromatic carbocycles. The van der Waals surface area contributed by atoms with Crippen molar-refractivity contribution in [3.8, 4) is 0 Å². The Morgan fingerprint density at radius 2 is 1.78 bits per heavy atom. The first kappa shape index (κ1) is 16.8. The summed E-state index contributed by atoms with van der Waals surface area (Å²) in [6.07, 6.45) is 2.99. The standard InChI is InChI=1S/C15H23N.C2H6/c1-7-11-9-12(8-2)14(16-6)13(10-11)15(3,4)5;1-2/h8-10,16H,2,7H2,1,3-6H3;1-2H3. The largest absolute Gasteiger partial charge is 0.387 e. The molecule has 0 fully saturated rings. The summed E-state index contributed by atoms with van der Waals surface area (Å²) in [5.41, 5.74) is 5.30. The maximum absolute atomic E-state index is 3.90. The van der Waals surface area contributed by atoms with Crippen LogP contribution < -0.4 is 5.32 Å². The Morgan fingerprint density at radius 1 is 1.22 bits per heavy atom. The molecule has 0 saturated heterocycles. The van der Waals surface area contributed by atoms with Crippen LogP contribution in [-0.2, 0) is 11.8 Å². The fourth-order valence-electron chi connectivity index (χ4n) is 1.96. The van der Waals surface area contributed by atoms with Crippen molar-refractivity contribution >= 4 is 11.8 Å². The number of hydrogen-bond donors (Lipinski definition) is 1.